The van der Waals surface area contributed by atoms with E-state index in [1.165, 1.54) is 0 Å². The van der Waals surface area contributed by atoms with Crippen molar-refractivity contribution in [1.29, 1.82) is 5.26 Å². The van der Waals surface area contributed by atoms with Crippen molar-refractivity contribution in [3.05, 3.63) is 52.4 Å². The molecule has 1 aliphatic rings. The number of benzene rings is 1. The molecule has 0 unspecified atom stereocenters. The maximum absolute atomic E-state index is 12.8. The maximum Gasteiger partial charge on any atom is 0.254 e. The van der Waals surface area contributed by atoms with Crippen LogP contribution in [0.3, 0.4) is 0 Å². The van der Waals surface area contributed by atoms with E-state index in [-0.39, 0.29) is 11.9 Å². The zero-order valence-electron chi connectivity index (χ0n) is 12.7. The summed E-state index contributed by atoms with van der Waals surface area (Å²) in [6.45, 7) is 4.50. The zero-order valence-corrected chi connectivity index (χ0v) is 12.7. The van der Waals surface area contributed by atoms with Gasteiger partial charge in [0.2, 0.25) is 0 Å². The first-order valence-electron chi connectivity index (χ1n) is 7.35. The second-order valence-corrected chi connectivity index (χ2v) is 5.59. The van der Waals surface area contributed by atoms with E-state index in [0.29, 0.717) is 17.7 Å². The lowest BCUT2D eigenvalue weighted by Gasteiger charge is -2.25. The Bertz CT molecular complexity index is 738. The summed E-state index contributed by atoms with van der Waals surface area (Å²) in [7, 11) is 0. The van der Waals surface area contributed by atoms with Crippen LogP contribution in [0.4, 0.5) is 0 Å². The number of carbonyl (C=O) groups is 1. The van der Waals surface area contributed by atoms with Crippen molar-refractivity contribution < 1.29 is 9.32 Å². The molecule has 0 radical (unpaired) electrons. The van der Waals surface area contributed by atoms with Gasteiger partial charge in [-0.3, -0.25) is 4.79 Å². The van der Waals surface area contributed by atoms with Crippen LogP contribution in [0.1, 0.15) is 51.8 Å². The number of nitriles is 1. The molecule has 3 rings (SSSR count). The average molecular weight is 295 g/mol. The molecule has 5 heteroatoms. The van der Waals surface area contributed by atoms with Crippen LogP contribution in [-0.2, 0) is 0 Å². The van der Waals surface area contributed by atoms with E-state index in [4.69, 9.17) is 9.78 Å². The van der Waals surface area contributed by atoms with E-state index >= 15 is 0 Å². The third kappa shape index (κ3) is 2.37. The minimum atomic E-state index is -0.0420. The molecule has 22 heavy (non-hydrogen) atoms. The van der Waals surface area contributed by atoms with Crippen molar-refractivity contribution in [2.24, 2.45) is 0 Å². The summed E-state index contributed by atoms with van der Waals surface area (Å²) < 4.78 is 5.25. The molecule has 1 aromatic heterocycles. The summed E-state index contributed by atoms with van der Waals surface area (Å²) in [6.07, 6.45) is 1.87. The Labute approximate surface area is 129 Å². The molecule has 2 heterocycles. The fourth-order valence-electron chi connectivity index (χ4n) is 3.16. The van der Waals surface area contributed by atoms with Crippen molar-refractivity contribution in [2.75, 3.05) is 6.54 Å². The van der Waals surface area contributed by atoms with Gasteiger partial charge >= 0.3 is 0 Å². The molecule has 0 bridgehead atoms. The van der Waals surface area contributed by atoms with Gasteiger partial charge in [-0.15, -0.1) is 0 Å². The van der Waals surface area contributed by atoms with Crippen LogP contribution >= 0.6 is 0 Å². The molecule has 112 valence electrons. The smallest absolute Gasteiger partial charge is 0.254 e. The standard InChI is InChI=1S/C17H17N3O2/c1-11-16(12(2)22-19-11)15-7-4-8-20(15)17(21)14-6-3-5-13(9-14)10-18/h3,5-6,9,15H,4,7-8H2,1-2H3/t15-/m1/s1. The van der Waals surface area contributed by atoms with E-state index in [0.717, 1.165) is 29.9 Å². The second kappa shape index (κ2) is 5.64. The van der Waals surface area contributed by atoms with E-state index in [9.17, 15) is 4.79 Å². The molecule has 0 N–H and O–H groups in total. The normalized spacial score (nSPS) is 17.5. The van der Waals surface area contributed by atoms with Crippen molar-refractivity contribution in [1.82, 2.24) is 10.1 Å². The Morgan fingerprint density at radius 1 is 1.45 bits per heavy atom. The average Bonchev–Trinajstić information content (AvgIpc) is 3.13. The predicted octanol–water partition coefficient (Wildman–Crippen LogP) is 3.14. The number of aromatic nitrogens is 1. The van der Waals surface area contributed by atoms with Crippen LogP contribution in [0.2, 0.25) is 0 Å². The zero-order chi connectivity index (χ0) is 15.7. The summed E-state index contributed by atoms with van der Waals surface area (Å²) >= 11 is 0. The maximum atomic E-state index is 12.8. The van der Waals surface area contributed by atoms with Gasteiger partial charge in [0.1, 0.15) is 5.76 Å². The number of carbonyl (C=O) groups excluding carboxylic acids is 1. The highest BCUT2D eigenvalue weighted by Gasteiger charge is 2.34. The van der Waals surface area contributed by atoms with Gasteiger partial charge in [0.05, 0.1) is 23.4 Å². The molecule has 1 saturated heterocycles. The fraction of sp³-hybridized carbons (Fsp3) is 0.353. The fourth-order valence-corrected chi connectivity index (χ4v) is 3.16. The number of amides is 1. The molecule has 5 nitrogen and oxygen atoms in total. The summed E-state index contributed by atoms with van der Waals surface area (Å²) in [5.41, 5.74) is 2.91. The summed E-state index contributed by atoms with van der Waals surface area (Å²) in [5.74, 6) is 0.729. The van der Waals surface area contributed by atoms with Crippen molar-refractivity contribution >= 4 is 5.91 Å². The lowest BCUT2D eigenvalue weighted by molar-refractivity contribution is 0.0734. The highest BCUT2D eigenvalue weighted by molar-refractivity contribution is 5.95. The van der Waals surface area contributed by atoms with Gasteiger partial charge in [0.15, 0.2) is 0 Å². The minimum Gasteiger partial charge on any atom is -0.361 e. The Morgan fingerprint density at radius 3 is 2.95 bits per heavy atom. The van der Waals surface area contributed by atoms with Crippen LogP contribution in [0.5, 0.6) is 0 Å². The van der Waals surface area contributed by atoms with Gasteiger partial charge in [0, 0.05) is 17.7 Å². The van der Waals surface area contributed by atoms with Crippen LogP contribution in [0.15, 0.2) is 28.8 Å². The Hall–Kier alpha value is -2.61. The van der Waals surface area contributed by atoms with Crippen molar-refractivity contribution in [3.63, 3.8) is 0 Å². The molecular formula is C17H17N3O2. The number of hydrogen-bond acceptors (Lipinski definition) is 4. The van der Waals surface area contributed by atoms with Gasteiger partial charge in [-0.05, 0) is 44.9 Å². The number of rotatable bonds is 2. The lowest BCUT2D eigenvalue weighted by atomic mass is 10.0. The SMILES string of the molecule is Cc1noc(C)c1[C@H]1CCCN1C(=O)c1cccc(C#N)c1. The highest BCUT2D eigenvalue weighted by atomic mass is 16.5. The topological polar surface area (TPSA) is 70.1 Å². The predicted molar refractivity (Wildman–Crippen MR) is 80.1 cm³/mol. The quantitative estimate of drug-likeness (QED) is 0.853. The Morgan fingerprint density at radius 2 is 2.27 bits per heavy atom. The third-order valence-electron chi connectivity index (χ3n) is 4.17. The van der Waals surface area contributed by atoms with Gasteiger partial charge < -0.3 is 9.42 Å². The van der Waals surface area contributed by atoms with E-state index in [2.05, 4.69) is 11.2 Å². The Balaban J connectivity index is 1.93. The molecule has 0 aliphatic carbocycles. The van der Waals surface area contributed by atoms with Gasteiger partial charge in [-0.1, -0.05) is 11.2 Å². The second-order valence-electron chi connectivity index (χ2n) is 5.59. The van der Waals surface area contributed by atoms with Crippen molar-refractivity contribution in [3.8, 4) is 6.07 Å². The lowest BCUT2D eigenvalue weighted by Crippen LogP contribution is -2.31. The first-order valence-corrected chi connectivity index (χ1v) is 7.35. The number of likely N-dealkylation sites (tertiary alicyclic amines) is 1. The monoisotopic (exact) mass is 295 g/mol. The van der Waals surface area contributed by atoms with Gasteiger partial charge in [-0.25, -0.2) is 0 Å². The first-order chi connectivity index (χ1) is 10.6. The molecule has 1 amide bonds. The van der Waals surface area contributed by atoms with Crippen LogP contribution in [0.25, 0.3) is 0 Å². The molecule has 1 aliphatic heterocycles. The highest BCUT2D eigenvalue weighted by Crippen LogP contribution is 2.36. The number of aryl methyl sites for hydroxylation is 2. The first kappa shape index (κ1) is 14.3. The van der Waals surface area contributed by atoms with Crippen LogP contribution in [0, 0.1) is 25.2 Å². The minimum absolute atomic E-state index is 0.00416. The van der Waals surface area contributed by atoms with Gasteiger partial charge in [-0.2, -0.15) is 5.26 Å². The summed E-state index contributed by atoms with van der Waals surface area (Å²) in [6, 6.07) is 8.92. The van der Waals surface area contributed by atoms with E-state index in [1.54, 1.807) is 24.3 Å². The van der Waals surface area contributed by atoms with Crippen molar-refractivity contribution in [2.45, 2.75) is 32.7 Å². The van der Waals surface area contributed by atoms with Crippen LogP contribution < -0.4 is 0 Å². The van der Waals surface area contributed by atoms with Gasteiger partial charge in [0.25, 0.3) is 5.91 Å². The van der Waals surface area contributed by atoms with E-state index in [1.807, 2.05) is 18.7 Å². The van der Waals surface area contributed by atoms with E-state index < -0.39 is 0 Å². The molecule has 1 atom stereocenters. The largest absolute Gasteiger partial charge is 0.361 e. The molecule has 1 aromatic carbocycles. The summed E-state index contributed by atoms with van der Waals surface area (Å²) in [5, 5.41) is 13.0. The Kier molecular flexibility index (Phi) is 3.68. The molecular weight excluding hydrogens is 278 g/mol. The summed E-state index contributed by atoms with van der Waals surface area (Å²) in [4.78, 5) is 14.7. The molecule has 0 spiro atoms. The molecule has 1 fully saturated rings. The number of hydrogen-bond donors (Lipinski definition) is 0. The number of nitrogens with zero attached hydrogens (tertiary/aromatic N) is 3. The van der Waals surface area contributed by atoms with Crippen LogP contribution in [-0.4, -0.2) is 22.5 Å². The molecule has 0 saturated carbocycles. The third-order valence-corrected chi connectivity index (χ3v) is 4.17. The molecule has 2 aromatic rings.